The molecule has 0 saturated carbocycles. The van der Waals surface area contributed by atoms with Crippen LogP contribution in [0.2, 0.25) is 0 Å². The van der Waals surface area contributed by atoms with E-state index in [9.17, 15) is 13.6 Å². The van der Waals surface area contributed by atoms with Crippen molar-refractivity contribution in [2.24, 2.45) is 0 Å². The molecule has 1 aliphatic heterocycles. The molecule has 0 atom stereocenters. The summed E-state index contributed by atoms with van der Waals surface area (Å²) in [6.45, 7) is 1.67. The molecule has 6 nitrogen and oxygen atoms in total. The second kappa shape index (κ2) is 7.36. The largest absolute Gasteiger partial charge is 0.366 e. The predicted molar refractivity (Wildman–Crippen MR) is 97.6 cm³/mol. The van der Waals surface area contributed by atoms with E-state index in [2.05, 4.69) is 15.0 Å². The van der Waals surface area contributed by atoms with E-state index in [1.165, 1.54) is 17.4 Å². The number of carbonyl (C=O) groups is 1. The smallest absolute Gasteiger partial charge is 0.273 e. The lowest BCUT2D eigenvalue weighted by Gasteiger charge is -2.35. The number of benzene rings is 1. The fraction of sp³-hybridized carbons (Fsp3) is 0.222. The molecule has 0 unspecified atom stereocenters. The maximum atomic E-state index is 13.9. The molecule has 1 amide bonds. The van der Waals surface area contributed by atoms with Gasteiger partial charge in [-0.05, 0) is 12.1 Å². The maximum Gasteiger partial charge on any atom is 0.273 e. The average molecular weight is 387 g/mol. The molecule has 1 saturated heterocycles. The highest BCUT2D eigenvalue weighted by Crippen LogP contribution is 2.24. The van der Waals surface area contributed by atoms with E-state index in [-0.39, 0.29) is 11.6 Å². The van der Waals surface area contributed by atoms with Gasteiger partial charge in [0.05, 0.1) is 11.9 Å². The van der Waals surface area contributed by atoms with E-state index in [1.807, 2.05) is 0 Å². The second-order valence-electron chi connectivity index (χ2n) is 6.00. The third kappa shape index (κ3) is 3.63. The van der Waals surface area contributed by atoms with Gasteiger partial charge in [0.2, 0.25) is 0 Å². The minimum atomic E-state index is -0.482. The van der Waals surface area contributed by atoms with Gasteiger partial charge in [0, 0.05) is 50.0 Å². The Morgan fingerprint density at radius 2 is 1.93 bits per heavy atom. The summed E-state index contributed by atoms with van der Waals surface area (Å²) >= 11 is 1.33. The first-order valence-electron chi connectivity index (χ1n) is 8.33. The highest BCUT2D eigenvalue weighted by atomic mass is 32.1. The van der Waals surface area contributed by atoms with Crippen molar-refractivity contribution in [3.8, 4) is 10.7 Å². The topological polar surface area (TPSA) is 62.2 Å². The Balaban J connectivity index is 1.43. The highest BCUT2D eigenvalue weighted by molar-refractivity contribution is 7.13. The molecule has 0 spiro atoms. The lowest BCUT2D eigenvalue weighted by Crippen LogP contribution is -2.49. The summed E-state index contributed by atoms with van der Waals surface area (Å²) in [6.07, 6.45) is 4.74. The summed E-state index contributed by atoms with van der Waals surface area (Å²) in [5, 5.41) is 2.33. The van der Waals surface area contributed by atoms with Crippen LogP contribution >= 0.6 is 11.3 Å². The third-order valence-corrected chi connectivity index (χ3v) is 5.19. The minimum absolute atomic E-state index is 0.180. The van der Waals surface area contributed by atoms with Gasteiger partial charge in [-0.1, -0.05) is 0 Å². The van der Waals surface area contributed by atoms with Gasteiger partial charge in [-0.15, -0.1) is 11.3 Å². The number of anilines is 1. The van der Waals surface area contributed by atoms with Crippen molar-refractivity contribution in [2.75, 3.05) is 31.1 Å². The Morgan fingerprint density at radius 3 is 2.67 bits per heavy atom. The first kappa shape index (κ1) is 17.5. The molecule has 0 N–H and O–H groups in total. The summed E-state index contributed by atoms with van der Waals surface area (Å²) in [5.41, 5.74) is 1.19. The van der Waals surface area contributed by atoms with Crippen molar-refractivity contribution in [2.45, 2.75) is 0 Å². The lowest BCUT2D eigenvalue weighted by molar-refractivity contribution is 0.0741. The van der Waals surface area contributed by atoms with Crippen LogP contribution in [0.4, 0.5) is 14.5 Å². The normalized spacial score (nSPS) is 14.4. The number of hydrogen-bond donors (Lipinski definition) is 0. The van der Waals surface area contributed by atoms with Crippen LogP contribution in [-0.2, 0) is 0 Å². The molecular formula is C18H15F2N5OS. The highest BCUT2D eigenvalue weighted by Gasteiger charge is 2.25. The van der Waals surface area contributed by atoms with Crippen LogP contribution in [0, 0.1) is 11.6 Å². The molecule has 0 bridgehead atoms. The number of piperazine rings is 1. The van der Waals surface area contributed by atoms with E-state index in [0.29, 0.717) is 42.6 Å². The van der Waals surface area contributed by atoms with Gasteiger partial charge in [-0.25, -0.2) is 13.8 Å². The molecule has 3 aromatic rings. The first-order valence-corrected chi connectivity index (χ1v) is 9.21. The first-order chi connectivity index (χ1) is 13.1. The lowest BCUT2D eigenvalue weighted by atomic mass is 10.2. The zero-order chi connectivity index (χ0) is 18.8. The van der Waals surface area contributed by atoms with Crippen molar-refractivity contribution in [3.63, 3.8) is 0 Å². The Bertz CT molecular complexity index is 957. The fourth-order valence-corrected chi connectivity index (χ4v) is 3.69. The summed E-state index contributed by atoms with van der Waals surface area (Å²) in [4.78, 5) is 28.6. The molecule has 1 fully saturated rings. The molecule has 0 aliphatic carbocycles. The zero-order valence-electron chi connectivity index (χ0n) is 14.2. The van der Waals surface area contributed by atoms with Gasteiger partial charge in [0.25, 0.3) is 5.91 Å². The minimum Gasteiger partial charge on any atom is -0.366 e. The number of carbonyl (C=O) groups excluding carboxylic acids is 1. The van der Waals surface area contributed by atoms with Crippen molar-refractivity contribution >= 4 is 22.9 Å². The van der Waals surface area contributed by atoms with Gasteiger partial charge in [0.15, 0.2) is 0 Å². The van der Waals surface area contributed by atoms with E-state index < -0.39 is 11.6 Å². The van der Waals surface area contributed by atoms with Crippen LogP contribution in [0.1, 0.15) is 10.5 Å². The Labute approximate surface area is 158 Å². The van der Waals surface area contributed by atoms with Gasteiger partial charge in [-0.2, -0.15) is 0 Å². The Kier molecular flexibility index (Phi) is 4.76. The molecule has 0 radical (unpaired) electrons. The molecular weight excluding hydrogens is 372 g/mol. The van der Waals surface area contributed by atoms with Crippen LogP contribution < -0.4 is 4.90 Å². The Morgan fingerprint density at radius 1 is 1.11 bits per heavy atom. The van der Waals surface area contributed by atoms with Gasteiger partial charge in [-0.3, -0.25) is 14.8 Å². The summed E-state index contributed by atoms with van der Waals surface area (Å²) in [7, 11) is 0. The Hall–Kier alpha value is -2.94. The molecule has 2 aromatic heterocycles. The van der Waals surface area contributed by atoms with Gasteiger partial charge < -0.3 is 9.80 Å². The number of amides is 1. The van der Waals surface area contributed by atoms with E-state index in [1.54, 1.807) is 33.8 Å². The van der Waals surface area contributed by atoms with Gasteiger partial charge in [0.1, 0.15) is 28.0 Å². The van der Waals surface area contributed by atoms with Crippen LogP contribution in [0.25, 0.3) is 10.7 Å². The average Bonchev–Trinajstić information content (AvgIpc) is 3.20. The number of nitrogens with zero attached hydrogens (tertiary/aromatic N) is 5. The third-order valence-electron chi connectivity index (χ3n) is 4.32. The quantitative estimate of drug-likeness (QED) is 0.692. The van der Waals surface area contributed by atoms with Gasteiger partial charge >= 0.3 is 0 Å². The van der Waals surface area contributed by atoms with Crippen molar-refractivity contribution < 1.29 is 13.6 Å². The van der Waals surface area contributed by atoms with Crippen molar-refractivity contribution in [1.29, 1.82) is 0 Å². The molecule has 3 heterocycles. The van der Waals surface area contributed by atoms with E-state index in [4.69, 9.17) is 0 Å². The molecule has 9 heteroatoms. The standard InChI is InChI=1S/C18H15F2N5OS/c19-12-1-2-13(20)16(9-12)24-5-7-25(8-6-24)18(26)15-11-27-17(23-15)14-10-21-3-4-22-14/h1-4,9-11H,5-8H2. The van der Waals surface area contributed by atoms with Crippen LogP contribution in [-0.4, -0.2) is 51.9 Å². The number of hydrogen-bond acceptors (Lipinski definition) is 6. The number of thiazole rings is 1. The van der Waals surface area contributed by atoms with E-state index in [0.717, 1.165) is 12.1 Å². The summed E-state index contributed by atoms with van der Waals surface area (Å²) < 4.78 is 27.3. The number of halogens is 2. The molecule has 138 valence electrons. The SMILES string of the molecule is O=C(c1csc(-c2cnccn2)n1)N1CCN(c2cc(F)ccc2F)CC1. The van der Waals surface area contributed by atoms with Crippen molar-refractivity contribution in [3.05, 3.63) is 59.5 Å². The zero-order valence-corrected chi connectivity index (χ0v) is 15.0. The maximum absolute atomic E-state index is 13.9. The number of aromatic nitrogens is 3. The molecule has 27 heavy (non-hydrogen) atoms. The van der Waals surface area contributed by atoms with Crippen molar-refractivity contribution in [1.82, 2.24) is 19.9 Å². The second-order valence-corrected chi connectivity index (χ2v) is 6.86. The van der Waals surface area contributed by atoms with Crippen LogP contribution in [0.15, 0.2) is 42.2 Å². The summed E-state index contributed by atoms with van der Waals surface area (Å²) in [6, 6.07) is 3.39. The van der Waals surface area contributed by atoms with Crippen LogP contribution in [0.3, 0.4) is 0 Å². The van der Waals surface area contributed by atoms with Crippen LogP contribution in [0.5, 0.6) is 0 Å². The monoisotopic (exact) mass is 387 g/mol. The molecule has 1 aromatic carbocycles. The molecule has 4 rings (SSSR count). The summed E-state index contributed by atoms with van der Waals surface area (Å²) in [5.74, 6) is -1.13. The fourth-order valence-electron chi connectivity index (χ4n) is 2.94. The van der Waals surface area contributed by atoms with E-state index >= 15 is 0 Å². The predicted octanol–water partition coefficient (Wildman–Crippen LogP) is 2.84. The number of rotatable bonds is 3. The molecule has 1 aliphatic rings.